The SMILES string of the molecule is CCCCN1C=C(C(C)(C)C)SC1=CC(=O)c1ccc2occc2c1. The first kappa shape index (κ1) is 17.9. The van der Waals surface area contributed by atoms with Gasteiger partial charge in [0.2, 0.25) is 0 Å². The van der Waals surface area contributed by atoms with Crippen LogP contribution in [0.15, 0.2) is 57.2 Å². The van der Waals surface area contributed by atoms with Crippen LogP contribution in [0.1, 0.15) is 50.9 Å². The van der Waals surface area contributed by atoms with Gasteiger partial charge in [0, 0.05) is 34.7 Å². The summed E-state index contributed by atoms with van der Waals surface area (Å²) in [7, 11) is 0. The van der Waals surface area contributed by atoms with E-state index >= 15 is 0 Å². The van der Waals surface area contributed by atoms with E-state index in [0.717, 1.165) is 35.4 Å². The zero-order chi connectivity index (χ0) is 18.0. The lowest BCUT2D eigenvalue weighted by molar-refractivity contribution is 0.104. The van der Waals surface area contributed by atoms with Crippen molar-refractivity contribution in [1.82, 2.24) is 4.90 Å². The predicted octanol–water partition coefficient (Wildman–Crippen LogP) is 6.19. The Morgan fingerprint density at radius 3 is 2.80 bits per heavy atom. The fourth-order valence-electron chi connectivity index (χ4n) is 2.68. The highest BCUT2D eigenvalue weighted by molar-refractivity contribution is 8.07. The number of furan rings is 1. The molecule has 0 saturated heterocycles. The molecule has 3 rings (SSSR count). The van der Waals surface area contributed by atoms with Gasteiger partial charge in [0.25, 0.3) is 0 Å². The lowest BCUT2D eigenvalue weighted by Gasteiger charge is -2.17. The van der Waals surface area contributed by atoms with E-state index < -0.39 is 0 Å². The van der Waals surface area contributed by atoms with Gasteiger partial charge in [-0.1, -0.05) is 45.9 Å². The molecule has 0 aliphatic carbocycles. The van der Waals surface area contributed by atoms with Gasteiger partial charge in [-0.2, -0.15) is 0 Å². The molecule has 4 heteroatoms. The Balaban J connectivity index is 1.85. The largest absolute Gasteiger partial charge is 0.464 e. The Morgan fingerprint density at radius 1 is 1.28 bits per heavy atom. The molecule has 1 aliphatic heterocycles. The minimum absolute atomic E-state index is 0.0376. The molecule has 0 spiro atoms. The van der Waals surface area contributed by atoms with Gasteiger partial charge in [0.15, 0.2) is 5.78 Å². The molecule has 3 nitrogen and oxygen atoms in total. The van der Waals surface area contributed by atoms with Crippen molar-refractivity contribution in [2.75, 3.05) is 6.54 Å². The summed E-state index contributed by atoms with van der Waals surface area (Å²) in [6.07, 6.45) is 7.88. The van der Waals surface area contributed by atoms with Gasteiger partial charge in [-0.05, 0) is 36.1 Å². The first-order chi connectivity index (χ1) is 11.9. The fourth-order valence-corrected chi connectivity index (χ4v) is 3.82. The van der Waals surface area contributed by atoms with Crippen LogP contribution in [0.5, 0.6) is 0 Å². The molecule has 0 unspecified atom stereocenters. The highest BCUT2D eigenvalue weighted by Gasteiger charge is 2.28. The summed E-state index contributed by atoms with van der Waals surface area (Å²) in [5.74, 6) is 0.0376. The minimum atomic E-state index is 0.0376. The maximum absolute atomic E-state index is 12.8. The summed E-state index contributed by atoms with van der Waals surface area (Å²) in [5.41, 5.74) is 1.59. The van der Waals surface area contributed by atoms with E-state index in [2.05, 4.69) is 38.8 Å². The standard InChI is InChI=1S/C21H25NO2S/c1-5-6-10-22-14-19(21(2,3)4)25-20(22)13-17(23)15-7-8-18-16(12-15)9-11-24-18/h7-9,11-14H,5-6,10H2,1-4H3. The number of hydrogen-bond acceptors (Lipinski definition) is 4. The lowest BCUT2D eigenvalue weighted by atomic mass is 9.96. The van der Waals surface area contributed by atoms with Crippen molar-refractivity contribution in [3.8, 4) is 0 Å². The quantitative estimate of drug-likeness (QED) is 0.473. The number of carbonyl (C=O) groups excluding carboxylic acids is 1. The van der Waals surface area contributed by atoms with Gasteiger partial charge in [0.05, 0.1) is 11.3 Å². The molecule has 0 amide bonds. The van der Waals surface area contributed by atoms with Gasteiger partial charge in [0.1, 0.15) is 5.58 Å². The van der Waals surface area contributed by atoms with Crippen molar-refractivity contribution >= 4 is 28.5 Å². The van der Waals surface area contributed by atoms with Crippen LogP contribution in [0, 0.1) is 5.41 Å². The molecule has 0 fully saturated rings. The highest BCUT2D eigenvalue weighted by Crippen LogP contribution is 2.45. The number of thioether (sulfide) groups is 1. The Morgan fingerprint density at radius 2 is 2.08 bits per heavy atom. The van der Waals surface area contributed by atoms with Crippen LogP contribution in [0.4, 0.5) is 0 Å². The summed E-state index contributed by atoms with van der Waals surface area (Å²) in [5, 5.41) is 1.98. The Bertz CT molecular complexity index is 839. The normalized spacial score (nSPS) is 16.7. The van der Waals surface area contributed by atoms with E-state index in [1.807, 2.05) is 24.3 Å². The van der Waals surface area contributed by atoms with E-state index in [9.17, 15) is 4.79 Å². The molecular weight excluding hydrogens is 330 g/mol. The van der Waals surface area contributed by atoms with Crippen molar-refractivity contribution in [3.63, 3.8) is 0 Å². The molecule has 0 saturated carbocycles. The van der Waals surface area contributed by atoms with Gasteiger partial charge in [-0.15, -0.1) is 0 Å². The maximum atomic E-state index is 12.8. The zero-order valence-electron chi connectivity index (χ0n) is 15.3. The number of unbranched alkanes of at least 4 members (excludes halogenated alkanes) is 1. The molecule has 1 aromatic carbocycles. The topological polar surface area (TPSA) is 33.5 Å². The van der Waals surface area contributed by atoms with Crippen LogP contribution < -0.4 is 0 Å². The monoisotopic (exact) mass is 355 g/mol. The number of rotatable bonds is 5. The van der Waals surface area contributed by atoms with Crippen LogP contribution in [-0.4, -0.2) is 17.2 Å². The maximum Gasteiger partial charge on any atom is 0.188 e. The van der Waals surface area contributed by atoms with Crippen molar-refractivity contribution in [2.45, 2.75) is 40.5 Å². The molecule has 1 aliphatic rings. The second-order valence-corrected chi connectivity index (χ2v) is 8.47. The molecule has 2 aromatic rings. The third-order valence-electron chi connectivity index (χ3n) is 4.25. The van der Waals surface area contributed by atoms with Gasteiger partial charge >= 0.3 is 0 Å². The third kappa shape index (κ3) is 4.01. The average molecular weight is 356 g/mol. The number of hydrogen-bond donors (Lipinski definition) is 0. The van der Waals surface area contributed by atoms with Crippen molar-refractivity contribution in [2.24, 2.45) is 5.41 Å². The minimum Gasteiger partial charge on any atom is -0.464 e. The second-order valence-electron chi connectivity index (χ2n) is 7.41. The van der Waals surface area contributed by atoms with Gasteiger partial charge in [-0.3, -0.25) is 4.79 Å². The first-order valence-electron chi connectivity index (χ1n) is 8.78. The summed E-state index contributed by atoms with van der Waals surface area (Å²) < 4.78 is 5.35. The van der Waals surface area contributed by atoms with Crippen molar-refractivity contribution in [1.29, 1.82) is 0 Å². The summed E-state index contributed by atoms with van der Waals surface area (Å²) >= 11 is 1.71. The summed E-state index contributed by atoms with van der Waals surface area (Å²) in [6.45, 7) is 9.76. The Hall–Kier alpha value is -1.94. The van der Waals surface area contributed by atoms with Crippen molar-refractivity contribution < 1.29 is 9.21 Å². The molecular formula is C21H25NO2S. The Labute approximate surface area is 153 Å². The third-order valence-corrected chi connectivity index (χ3v) is 5.75. The molecule has 0 N–H and O–H groups in total. The van der Waals surface area contributed by atoms with Crippen LogP contribution >= 0.6 is 11.8 Å². The molecule has 1 aromatic heterocycles. The van der Waals surface area contributed by atoms with Crippen LogP contribution in [0.3, 0.4) is 0 Å². The van der Waals surface area contributed by atoms with Gasteiger partial charge in [-0.25, -0.2) is 0 Å². The predicted molar refractivity (Wildman–Crippen MR) is 105 cm³/mol. The molecule has 132 valence electrons. The molecule has 0 atom stereocenters. The molecule has 0 radical (unpaired) electrons. The average Bonchev–Trinajstić information content (AvgIpc) is 3.18. The second kappa shape index (κ2) is 7.12. The number of fused-ring (bicyclic) bond motifs is 1. The smallest absolute Gasteiger partial charge is 0.188 e. The van der Waals surface area contributed by atoms with E-state index in [-0.39, 0.29) is 11.2 Å². The van der Waals surface area contributed by atoms with Crippen LogP contribution in [0.2, 0.25) is 0 Å². The number of ketones is 1. The fraction of sp³-hybridized carbons (Fsp3) is 0.381. The number of allylic oxidation sites excluding steroid dienone is 2. The van der Waals surface area contributed by atoms with E-state index in [4.69, 9.17) is 4.42 Å². The number of nitrogens with zero attached hydrogens (tertiary/aromatic N) is 1. The van der Waals surface area contributed by atoms with Crippen LogP contribution in [0.25, 0.3) is 11.0 Å². The summed E-state index contributed by atoms with van der Waals surface area (Å²) in [4.78, 5) is 16.3. The van der Waals surface area contributed by atoms with Crippen molar-refractivity contribution in [3.05, 3.63) is 58.3 Å². The highest BCUT2D eigenvalue weighted by atomic mass is 32.2. The lowest BCUT2D eigenvalue weighted by Crippen LogP contribution is -2.14. The number of carbonyl (C=O) groups is 1. The molecule has 25 heavy (non-hydrogen) atoms. The Kier molecular flexibility index (Phi) is 5.09. The number of benzene rings is 1. The van der Waals surface area contributed by atoms with E-state index in [0.29, 0.717) is 5.56 Å². The van der Waals surface area contributed by atoms with Gasteiger partial charge < -0.3 is 9.32 Å². The summed E-state index contributed by atoms with van der Waals surface area (Å²) in [6, 6.07) is 7.47. The van der Waals surface area contributed by atoms with E-state index in [1.165, 1.54) is 4.91 Å². The molecule has 2 heterocycles. The molecule has 0 bridgehead atoms. The zero-order valence-corrected chi connectivity index (χ0v) is 16.2. The van der Waals surface area contributed by atoms with Crippen LogP contribution in [-0.2, 0) is 0 Å². The van der Waals surface area contributed by atoms with E-state index in [1.54, 1.807) is 24.1 Å². The first-order valence-corrected chi connectivity index (χ1v) is 9.60.